The van der Waals surface area contributed by atoms with Crippen LogP contribution in [0.1, 0.15) is 15.4 Å². The zero-order valence-electron chi connectivity index (χ0n) is 10.6. The predicted octanol–water partition coefficient (Wildman–Crippen LogP) is 2.96. The lowest BCUT2D eigenvalue weighted by molar-refractivity contribution is 0.102. The Morgan fingerprint density at radius 1 is 1.30 bits per heavy atom. The van der Waals surface area contributed by atoms with Crippen LogP contribution in [0.4, 0.5) is 5.69 Å². The maximum absolute atomic E-state index is 12.0. The van der Waals surface area contributed by atoms with E-state index >= 15 is 0 Å². The molecule has 0 saturated carbocycles. The van der Waals surface area contributed by atoms with Crippen LogP contribution in [-0.4, -0.2) is 21.0 Å². The van der Waals surface area contributed by atoms with Gasteiger partial charge >= 0.3 is 0 Å². The minimum Gasteiger partial charge on any atom is -0.506 e. The molecule has 6 heteroatoms. The van der Waals surface area contributed by atoms with Gasteiger partial charge in [-0.15, -0.1) is 11.3 Å². The van der Waals surface area contributed by atoms with E-state index in [-0.39, 0.29) is 11.7 Å². The molecule has 0 aliphatic rings. The van der Waals surface area contributed by atoms with Crippen LogP contribution in [0.25, 0.3) is 10.2 Å². The molecular formula is C14H11N3O2S. The Morgan fingerprint density at radius 2 is 2.15 bits per heavy atom. The van der Waals surface area contributed by atoms with Gasteiger partial charge in [0.2, 0.25) is 0 Å². The summed E-state index contributed by atoms with van der Waals surface area (Å²) in [6, 6.07) is 6.93. The van der Waals surface area contributed by atoms with E-state index in [1.165, 1.54) is 18.5 Å². The summed E-state index contributed by atoms with van der Waals surface area (Å²) in [5.74, 6) is -0.347. The lowest BCUT2D eigenvalue weighted by Crippen LogP contribution is -2.11. The molecule has 2 N–H and O–H groups in total. The van der Waals surface area contributed by atoms with Crippen LogP contribution >= 0.6 is 11.3 Å². The van der Waals surface area contributed by atoms with Gasteiger partial charge in [0.1, 0.15) is 5.75 Å². The molecule has 0 radical (unpaired) electrons. The van der Waals surface area contributed by atoms with Crippen LogP contribution in [0.15, 0.2) is 36.7 Å². The number of aryl methyl sites for hydroxylation is 1. The number of aromatic nitrogens is 2. The monoisotopic (exact) mass is 285 g/mol. The number of thiazole rings is 1. The maximum atomic E-state index is 12.0. The molecule has 20 heavy (non-hydrogen) atoms. The minimum atomic E-state index is -0.311. The fourth-order valence-electron chi connectivity index (χ4n) is 1.87. The summed E-state index contributed by atoms with van der Waals surface area (Å²) >= 11 is 1.58. The Balaban J connectivity index is 1.87. The zero-order chi connectivity index (χ0) is 14.1. The quantitative estimate of drug-likeness (QED) is 0.759. The van der Waals surface area contributed by atoms with Crippen molar-refractivity contribution in [2.75, 3.05) is 5.32 Å². The molecule has 1 aromatic carbocycles. The number of fused-ring (bicyclic) bond motifs is 1. The second-order valence-corrected chi connectivity index (χ2v) is 5.54. The Kier molecular flexibility index (Phi) is 3.08. The third-order valence-electron chi connectivity index (χ3n) is 2.74. The topological polar surface area (TPSA) is 75.1 Å². The molecule has 2 aromatic heterocycles. The molecule has 0 bridgehead atoms. The molecule has 3 aromatic rings. The third kappa shape index (κ3) is 2.46. The molecule has 0 spiro atoms. The average Bonchev–Trinajstić information content (AvgIpc) is 2.78. The molecule has 0 atom stereocenters. The van der Waals surface area contributed by atoms with Gasteiger partial charge in [-0.3, -0.25) is 9.78 Å². The highest BCUT2D eigenvalue weighted by Crippen LogP contribution is 2.25. The van der Waals surface area contributed by atoms with E-state index in [2.05, 4.69) is 15.3 Å². The number of hydrogen-bond acceptors (Lipinski definition) is 5. The second-order valence-electron chi connectivity index (χ2n) is 4.30. The molecule has 0 saturated heterocycles. The van der Waals surface area contributed by atoms with Gasteiger partial charge < -0.3 is 10.4 Å². The van der Waals surface area contributed by atoms with Crippen molar-refractivity contribution in [3.63, 3.8) is 0 Å². The van der Waals surface area contributed by atoms with Gasteiger partial charge in [0.15, 0.2) is 0 Å². The standard InChI is InChI=1S/C14H11N3O2S/c1-8-16-12-3-2-10(5-13(12)20-8)17-14(19)9-4-11(18)7-15-6-9/h2-7,18H,1H3,(H,17,19). The molecule has 1 amide bonds. The van der Waals surface area contributed by atoms with Crippen LogP contribution in [0.2, 0.25) is 0 Å². The van der Waals surface area contributed by atoms with Gasteiger partial charge in [0.25, 0.3) is 5.91 Å². The van der Waals surface area contributed by atoms with Gasteiger partial charge in [-0.2, -0.15) is 0 Å². The molecule has 5 nitrogen and oxygen atoms in total. The number of anilines is 1. The van der Waals surface area contributed by atoms with E-state index in [0.29, 0.717) is 11.3 Å². The second kappa shape index (κ2) is 4.90. The number of nitrogens with one attached hydrogen (secondary N) is 1. The first kappa shape index (κ1) is 12.6. The highest BCUT2D eigenvalue weighted by molar-refractivity contribution is 7.18. The van der Waals surface area contributed by atoms with Crippen molar-refractivity contribution < 1.29 is 9.90 Å². The Bertz CT molecular complexity index is 798. The van der Waals surface area contributed by atoms with Crippen molar-refractivity contribution in [3.8, 4) is 5.75 Å². The first-order valence-corrected chi connectivity index (χ1v) is 6.76. The van der Waals surface area contributed by atoms with E-state index in [1.807, 2.05) is 19.1 Å². The number of nitrogens with zero attached hydrogens (tertiary/aromatic N) is 2. The van der Waals surface area contributed by atoms with E-state index < -0.39 is 0 Å². The summed E-state index contributed by atoms with van der Waals surface area (Å²) in [5, 5.41) is 13.1. The zero-order valence-corrected chi connectivity index (χ0v) is 11.4. The highest BCUT2D eigenvalue weighted by atomic mass is 32.1. The summed E-state index contributed by atoms with van der Waals surface area (Å²) in [5.41, 5.74) is 1.92. The number of amides is 1. The SMILES string of the molecule is Cc1nc2ccc(NC(=O)c3cncc(O)c3)cc2s1. The smallest absolute Gasteiger partial charge is 0.257 e. The number of aromatic hydroxyl groups is 1. The average molecular weight is 285 g/mol. The molecule has 0 fully saturated rings. The number of rotatable bonds is 2. The van der Waals surface area contributed by atoms with Crippen molar-refractivity contribution in [2.45, 2.75) is 6.92 Å². The normalized spacial score (nSPS) is 10.7. The molecule has 0 aliphatic carbocycles. The first-order valence-electron chi connectivity index (χ1n) is 5.94. The number of benzene rings is 1. The third-order valence-corrected chi connectivity index (χ3v) is 3.67. The molecule has 2 heterocycles. The summed E-state index contributed by atoms with van der Waals surface area (Å²) < 4.78 is 1.02. The van der Waals surface area contributed by atoms with E-state index in [9.17, 15) is 9.90 Å². The van der Waals surface area contributed by atoms with Gasteiger partial charge in [-0.25, -0.2) is 4.98 Å². The van der Waals surface area contributed by atoms with E-state index in [0.717, 1.165) is 15.2 Å². The summed E-state index contributed by atoms with van der Waals surface area (Å²) in [6.07, 6.45) is 2.69. The number of carbonyl (C=O) groups excluding carboxylic acids is 1. The predicted molar refractivity (Wildman–Crippen MR) is 78.2 cm³/mol. The van der Waals surface area contributed by atoms with Crippen LogP contribution < -0.4 is 5.32 Å². The van der Waals surface area contributed by atoms with Crippen molar-refractivity contribution in [3.05, 3.63) is 47.2 Å². The van der Waals surface area contributed by atoms with Crippen LogP contribution in [0, 0.1) is 6.92 Å². The Labute approximate surface area is 118 Å². The van der Waals surface area contributed by atoms with Crippen molar-refractivity contribution in [1.29, 1.82) is 0 Å². The van der Waals surface area contributed by atoms with Gasteiger partial charge in [0.05, 0.1) is 27.0 Å². The fourth-order valence-corrected chi connectivity index (χ4v) is 2.74. The fraction of sp³-hybridized carbons (Fsp3) is 0.0714. The number of pyridine rings is 1. The summed E-state index contributed by atoms with van der Waals surface area (Å²) in [6.45, 7) is 1.95. The highest BCUT2D eigenvalue weighted by Gasteiger charge is 2.08. The lowest BCUT2D eigenvalue weighted by Gasteiger charge is -2.05. The molecule has 3 rings (SSSR count). The van der Waals surface area contributed by atoms with Gasteiger partial charge in [-0.1, -0.05) is 0 Å². The number of hydrogen-bond donors (Lipinski definition) is 2. The van der Waals surface area contributed by atoms with Crippen LogP contribution in [0.5, 0.6) is 5.75 Å². The van der Waals surface area contributed by atoms with Crippen molar-refractivity contribution >= 4 is 33.1 Å². The minimum absolute atomic E-state index is 0.0359. The maximum Gasteiger partial charge on any atom is 0.257 e. The van der Waals surface area contributed by atoms with Crippen LogP contribution in [-0.2, 0) is 0 Å². The summed E-state index contributed by atoms with van der Waals surface area (Å²) in [4.78, 5) is 20.2. The molecule has 0 unspecified atom stereocenters. The molecule has 0 aliphatic heterocycles. The molecule has 100 valence electrons. The molecular weight excluding hydrogens is 274 g/mol. The van der Waals surface area contributed by atoms with Gasteiger partial charge in [-0.05, 0) is 31.2 Å². The summed E-state index contributed by atoms with van der Waals surface area (Å²) in [7, 11) is 0. The first-order chi connectivity index (χ1) is 9.61. The Hall–Kier alpha value is -2.47. The van der Waals surface area contributed by atoms with Crippen molar-refractivity contribution in [1.82, 2.24) is 9.97 Å². The lowest BCUT2D eigenvalue weighted by atomic mass is 10.2. The number of carbonyl (C=O) groups is 1. The van der Waals surface area contributed by atoms with Crippen molar-refractivity contribution in [2.24, 2.45) is 0 Å². The van der Waals surface area contributed by atoms with E-state index in [4.69, 9.17) is 0 Å². The van der Waals surface area contributed by atoms with Crippen LogP contribution in [0.3, 0.4) is 0 Å². The largest absolute Gasteiger partial charge is 0.506 e. The Morgan fingerprint density at radius 3 is 2.95 bits per heavy atom. The van der Waals surface area contributed by atoms with E-state index in [1.54, 1.807) is 17.4 Å². The van der Waals surface area contributed by atoms with Gasteiger partial charge in [0, 0.05) is 11.9 Å².